The largest absolute Gasteiger partial charge is 0.459 e. The van der Waals surface area contributed by atoms with Gasteiger partial charge in [-0.3, -0.25) is 0 Å². The fraction of sp³-hybridized carbons (Fsp3) is 0.321. The van der Waals surface area contributed by atoms with Crippen LogP contribution < -0.4 is 0 Å². The van der Waals surface area contributed by atoms with Crippen LogP contribution in [0.4, 0.5) is 26.3 Å². The van der Waals surface area contributed by atoms with E-state index in [2.05, 4.69) is 0 Å². The first-order valence-corrected chi connectivity index (χ1v) is 11.7. The predicted molar refractivity (Wildman–Crippen MR) is 123 cm³/mol. The number of hydrogen-bond donors (Lipinski definition) is 0. The van der Waals surface area contributed by atoms with Gasteiger partial charge in [-0.25, -0.2) is 31.1 Å². The van der Waals surface area contributed by atoms with Crippen molar-refractivity contribution in [3.63, 3.8) is 0 Å². The molecule has 0 amide bonds. The first-order chi connectivity index (χ1) is 17.1. The van der Waals surface area contributed by atoms with Crippen molar-refractivity contribution in [2.24, 2.45) is 0 Å². The molecular formula is C28H24F6O2. The van der Waals surface area contributed by atoms with E-state index in [4.69, 9.17) is 4.74 Å². The fourth-order valence-electron chi connectivity index (χ4n) is 4.67. The summed E-state index contributed by atoms with van der Waals surface area (Å²) in [5, 5.41) is 0. The number of benzene rings is 3. The third-order valence-corrected chi connectivity index (χ3v) is 6.83. The highest BCUT2D eigenvalue weighted by Gasteiger charge is 2.30. The Morgan fingerprint density at radius 3 is 2.00 bits per heavy atom. The van der Waals surface area contributed by atoms with Gasteiger partial charge < -0.3 is 4.74 Å². The molecule has 0 aliphatic heterocycles. The summed E-state index contributed by atoms with van der Waals surface area (Å²) in [5.41, 5.74) is -1.07. The lowest BCUT2D eigenvalue weighted by Crippen LogP contribution is -2.25. The number of aryl methyl sites for hydroxylation is 2. The SMILES string of the molecule is CCc1ccc(-c2ccc(C(=O)OC3CCC(c4ccc(C)c(F)c4F)CC3)c(F)c2F)c(F)c1F. The van der Waals surface area contributed by atoms with Gasteiger partial charge in [-0.1, -0.05) is 37.3 Å². The van der Waals surface area contributed by atoms with Crippen molar-refractivity contribution in [3.8, 4) is 11.1 Å². The molecule has 3 aromatic rings. The first-order valence-electron chi connectivity index (χ1n) is 11.7. The average molecular weight is 506 g/mol. The molecule has 0 heterocycles. The van der Waals surface area contributed by atoms with Gasteiger partial charge in [0.15, 0.2) is 34.9 Å². The zero-order valence-corrected chi connectivity index (χ0v) is 19.7. The van der Waals surface area contributed by atoms with Crippen LogP contribution in [0.15, 0.2) is 36.4 Å². The molecule has 8 heteroatoms. The molecule has 190 valence electrons. The van der Waals surface area contributed by atoms with Crippen molar-refractivity contribution in [2.75, 3.05) is 0 Å². The summed E-state index contributed by atoms with van der Waals surface area (Å²) in [6.07, 6.45) is 1.13. The molecule has 0 unspecified atom stereocenters. The highest BCUT2D eigenvalue weighted by atomic mass is 19.2. The molecule has 0 radical (unpaired) electrons. The summed E-state index contributed by atoms with van der Waals surface area (Å²) >= 11 is 0. The second-order valence-electron chi connectivity index (χ2n) is 9.02. The van der Waals surface area contributed by atoms with E-state index in [1.54, 1.807) is 13.0 Å². The molecule has 0 bridgehead atoms. The van der Waals surface area contributed by atoms with Crippen LogP contribution in [0.3, 0.4) is 0 Å². The number of carbonyl (C=O) groups excluding carboxylic acids is 1. The van der Waals surface area contributed by atoms with E-state index >= 15 is 0 Å². The van der Waals surface area contributed by atoms with Gasteiger partial charge >= 0.3 is 5.97 Å². The summed E-state index contributed by atoms with van der Waals surface area (Å²) in [6, 6.07) is 7.49. The van der Waals surface area contributed by atoms with Crippen molar-refractivity contribution in [1.29, 1.82) is 0 Å². The number of carbonyl (C=O) groups is 1. The fourth-order valence-corrected chi connectivity index (χ4v) is 4.67. The molecular weight excluding hydrogens is 482 g/mol. The molecule has 3 aromatic carbocycles. The van der Waals surface area contributed by atoms with Crippen LogP contribution in [0, 0.1) is 41.8 Å². The topological polar surface area (TPSA) is 26.3 Å². The predicted octanol–water partition coefficient (Wildman–Crippen LogP) is 7.94. The van der Waals surface area contributed by atoms with Crippen LogP contribution in [-0.2, 0) is 11.2 Å². The smallest absolute Gasteiger partial charge is 0.341 e. The second-order valence-corrected chi connectivity index (χ2v) is 9.02. The molecule has 1 fully saturated rings. The lowest BCUT2D eigenvalue weighted by Gasteiger charge is -2.29. The summed E-state index contributed by atoms with van der Waals surface area (Å²) in [5.74, 6) is -8.57. The molecule has 0 N–H and O–H groups in total. The third kappa shape index (κ3) is 4.73. The van der Waals surface area contributed by atoms with Crippen LogP contribution >= 0.6 is 0 Å². The van der Waals surface area contributed by atoms with Crippen LogP contribution in [-0.4, -0.2) is 12.1 Å². The molecule has 1 aliphatic carbocycles. The molecule has 2 nitrogen and oxygen atoms in total. The number of hydrogen-bond acceptors (Lipinski definition) is 2. The molecule has 36 heavy (non-hydrogen) atoms. The van der Waals surface area contributed by atoms with E-state index in [0.717, 1.165) is 18.2 Å². The minimum absolute atomic E-state index is 0.0994. The highest BCUT2D eigenvalue weighted by molar-refractivity contribution is 5.90. The van der Waals surface area contributed by atoms with Gasteiger partial charge in [-0.15, -0.1) is 0 Å². The maximum absolute atomic E-state index is 14.8. The van der Waals surface area contributed by atoms with E-state index in [1.807, 2.05) is 0 Å². The molecule has 0 atom stereocenters. The van der Waals surface area contributed by atoms with Crippen LogP contribution in [0.1, 0.15) is 65.6 Å². The van der Waals surface area contributed by atoms with E-state index in [1.165, 1.54) is 19.1 Å². The van der Waals surface area contributed by atoms with E-state index in [0.29, 0.717) is 25.7 Å². The first kappa shape index (κ1) is 25.8. The average Bonchev–Trinajstić information content (AvgIpc) is 2.87. The normalized spacial score (nSPS) is 17.8. The van der Waals surface area contributed by atoms with Crippen LogP contribution in [0.5, 0.6) is 0 Å². The van der Waals surface area contributed by atoms with Crippen LogP contribution in [0.2, 0.25) is 0 Å². The number of halogens is 6. The number of ether oxygens (including phenoxy) is 1. The van der Waals surface area contributed by atoms with Gasteiger partial charge in [0.05, 0.1) is 5.56 Å². The highest BCUT2D eigenvalue weighted by Crippen LogP contribution is 2.37. The van der Waals surface area contributed by atoms with Gasteiger partial charge in [0.1, 0.15) is 6.10 Å². The lowest BCUT2D eigenvalue weighted by molar-refractivity contribution is 0.0188. The number of rotatable bonds is 5. The van der Waals surface area contributed by atoms with Gasteiger partial charge in [-0.05, 0) is 67.7 Å². The Kier molecular flexibility index (Phi) is 7.43. The molecule has 0 aromatic heterocycles. The quantitative estimate of drug-likeness (QED) is 0.259. The lowest BCUT2D eigenvalue weighted by atomic mass is 9.82. The number of esters is 1. The van der Waals surface area contributed by atoms with Gasteiger partial charge in [0.25, 0.3) is 0 Å². The monoisotopic (exact) mass is 506 g/mol. The maximum Gasteiger partial charge on any atom is 0.341 e. The minimum atomic E-state index is -1.53. The summed E-state index contributed by atoms with van der Waals surface area (Å²) in [7, 11) is 0. The van der Waals surface area contributed by atoms with Crippen molar-refractivity contribution in [1.82, 2.24) is 0 Å². The molecule has 0 saturated heterocycles. The zero-order valence-electron chi connectivity index (χ0n) is 19.7. The molecule has 4 rings (SSSR count). The third-order valence-electron chi connectivity index (χ3n) is 6.83. The summed E-state index contributed by atoms with van der Waals surface area (Å²) in [4.78, 5) is 12.6. The summed E-state index contributed by atoms with van der Waals surface area (Å²) < 4.78 is 91.7. The van der Waals surface area contributed by atoms with Crippen LogP contribution in [0.25, 0.3) is 11.1 Å². The van der Waals surface area contributed by atoms with Gasteiger partial charge in [0.2, 0.25) is 0 Å². The van der Waals surface area contributed by atoms with E-state index in [9.17, 15) is 31.1 Å². The Morgan fingerprint density at radius 1 is 0.750 bits per heavy atom. The van der Waals surface area contributed by atoms with Crippen molar-refractivity contribution in [2.45, 2.75) is 58.0 Å². The van der Waals surface area contributed by atoms with Gasteiger partial charge in [-0.2, -0.15) is 0 Å². The minimum Gasteiger partial charge on any atom is -0.459 e. The van der Waals surface area contributed by atoms with Crippen molar-refractivity contribution >= 4 is 5.97 Å². The van der Waals surface area contributed by atoms with Crippen molar-refractivity contribution < 1.29 is 35.9 Å². The Morgan fingerprint density at radius 2 is 1.36 bits per heavy atom. The second kappa shape index (κ2) is 10.4. The van der Waals surface area contributed by atoms with E-state index in [-0.39, 0.29) is 29.0 Å². The van der Waals surface area contributed by atoms with E-state index < -0.39 is 63.7 Å². The molecule has 1 aliphatic rings. The Balaban J connectivity index is 1.47. The summed E-state index contributed by atoms with van der Waals surface area (Å²) in [6.45, 7) is 3.11. The standard InChI is InChI=1S/C28H24F6O2/c1-3-15-7-11-19(25(32)23(15)30)20-12-13-21(27(34)26(20)33)28(35)36-17-8-5-16(6-9-17)18-10-4-14(2)22(29)24(18)31/h4,7,10-13,16-17H,3,5-6,8-9H2,1-2H3. The van der Waals surface area contributed by atoms with Gasteiger partial charge in [0, 0.05) is 11.1 Å². The Bertz CT molecular complexity index is 1310. The maximum atomic E-state index is 14.8. The zero-order chi connectivity index (χ0) is 26.1. The van der Waals surface area contributed by atoms with Crippen molar-refractivity contribution in [3.05, 3.63) is 93.6 Å². The molecule has 0 spiro atoms. The Hall–Kier alpha value is -3.29. The molecule has 1 saturated carbocycles. The Labute approximate surface area is 204 Å².